The zero-order valence-corrected chi connectivity index (χ0v) is 16.6. The molecule has 1 fully saturated rings. The summed E-state index contributed by atoms with van der Waals surface area (Å²) in [4.78, 5) is 18.0. The van der Waals surface area contributed by atoms with Gasteiger partial charge >= 0.3 is 6.18 Å². The number of nitrogens with one attached hydrogen (secondary N) is 3. The van der Waals surface area contributed by atoms with Crippen LogP contribution >= 0.6 is 11.6 Å². The predicted octanol–water partition coefficient (Wildman–Crippen LogP) is 1.25. The fraction of sp³-hybridized carbons (Fsp3) is 0.368. The Labute approximate surface area is 175 Å². The molecule has 11 heteroatoms. The SMILES string of the molecule is O=C(C[NH+]1CCN(c2[nH+]cc(C(F)(F)F)cc2Cl)CC1)Nc1ccc2c(c1)OCO2. The highest BCUT2D eigenvalue weighted by molar-refractivity contribution is 6.32. The van der Waals surface area contributed by atoms with Crippen LogP contribution in [0.2, 0.25) is 5.02 Å². The van der Waals surface area contributed by atoms with Crippen LogP contribution in [0.25, 0.3) is 0 Å². The number of pyridine rings is 1. The van der Waals surface area contributed by atoms with Gasteiger partial charge in [-0.2, -0.15) is 13.2 Å². The van der Waals surface area contributed by atoms with Crippen LogP contribution < -0.4 is 29.6 Å². The fourth-order valence-corrected chi connectivity index (χ4v) is 3.79. The predicted molar refractivity (Wildman–Crippen MR) is 102 cm³/mol. The molecule has 1 aromatic carbocycles. The van der Waals surface area contributed by atoms with Crippen molar-refractivity contribution in [2.45, 2.75) is 6.18 Å². The number of piperazine rings is 1. The van der Waals surface area contributed by atoms with Crippen molar-refractivity contribution in [3.8, 4) is 11.5 Å². The lowest BCUT2D eigenvalue weighted by Crippen LogP contribution is -3.15. The summed E-state index contributed by atoms with van der Waals surface area (Å²) in [6, 6.07) is 6.14. The summed E-state index contributed by atoms with van der Waals surface area (Å²) in [7, 11) is 0. The molecule has 0 aliphatic carbocycles. The summed E-state index contributed by atoms with van der Waals surface area (Å²) < 4.78 is 48.9. The minimum Gasteiger partial charge on any atom is -0.454 e. The number of fused-ring (bicyclic) bond motifs is 1. The number of anilines is 2. The maximum absolute atomic E-state index is 12.8. The molecule has 0 saturated carbocycles. The Kier molecular flexibility index (Phi) is 5.61. The number of carbonyl (C=O) groups is 1. The number of H-pyrrole nitrogens is 1. The third kappa shape index (κ3) is 4.54. The van der Waals surface area contributed by atoms with Gasteiger partial charge in [0.15, 0.2) is 18.0 Å². The second kappa shape index (κ2) is 8.19. The van der Waals surface area contributed by atoms with E-state index >= 15 is 0 Å². The molecule has 0 atom stereocenters. The lowest BCUT2D eigenvalue weighted by molar-refractivity contribution is -0.892. The molecule has 7 nitrogen and oxygen atoms in total. The van der Waals surface area contributed by atoms with Crippen molar-refractivity contribution < 1.29 is 37.3 Å². The largest absolute Gasteiger partial charge is 0.454 e. The Morgan fingerprint density at radius 3 is 2.63 bits per heavy atom. The van der Waals surface area contributed by atoms with Gasteiger partial charge in [-0.05, 0) is 18.2 Å². The first-order chi connectivity index (χ1) is 14.3. The van der Waals surface area contributed by atoms with Crippen LogP contribution in [0, 0.1) is 0 Å². The molecular weight excluding hydrogens is 425 g/mol. The van der Waals surface area contributed by atoms with Crippen LogP contribution in [-0.2, 0) is 11.0 Å². The molecule has 0 unspecified atom stereocenters. The first-order valence-electron chi connectivity index (χ1n) is 9.36. The monoisotopic (exact) mass is 444 g/mol. The van der Waals surface area contributed by atoms with Crippen LogP contribution in [0.15, 0.2) is 30.5 Å². The number of ether oxygens (including phenoxy) is 2. The molecule has 0 spiro atoms. The van der Waals surface area contributed by atoms with E-state index in [1.54, 1.807) is 18.2 Å². The van der Waals surface area contributed by atoms with E-state index in [9.17, 15) is 18.0 Å². The zero-order chi connectivity index (χ0) is 21.3. The van der Waals surface area contributed by atoms with E-state index in [-0.39, 0.29) is 24.3 Å². The number of alkyl halides is 3. The number of quaternary nitrogens is 1. The van der Waals surface area contributed by atoms with Crippen LogP contribution in [0.1, 0.15) is 5.56 Å². The average Bonchev–Trinajstić information content (AvgIpc) is 3.16. The molecule has 1 saturated heterocycles. The van der Waals surface area contributed by atoms with Crippen molar-refractivity contribution in [3.63, 3.8) is 0 Å². The summed E-state index contributed by atoms with van der Waals surface area (Å²) in [5, 5.41) is 2.87. The summed E-state index contributed by atoms with van der Waals surface area (Å²) in [6.45, 7) is 2.89. The van der Waals surface area contributed by atoms with Crippen molar-refractivity contribution in [2.24, 2.45) is 0 Å². The molecule has 2 aromatic rings. The second-order valence-corrected chi connectivity index (χ2v) is 7.52. The van der Waals surface area contributed by atoms with Crippen LogP contribution in [0.5, 0.6) is 11.5 Å². The molecule has 4 rings (SSSR count). The normalized spacial score (nSPS) is 16.6. The number of carbonyl (C=O) groups excluding carboxylic acids is 1. The van der Waals surface area contributed by atoms with E-state index in [1.165, 1.54) is 0 Å². The molecule has 30 heavy (non-hydrogen) atoms. The fourth-order valence-electron chi connectivity index (χ4n) is 3.50. The minimum absolute atomic E-state index is 0.0221. The van der Waals surface area contributed by atoms with Gasteiger partial charge in [0.2, 0.25) is 6.79 Å². The van der Waals surface area contributed by atoms with E-state index in [1.807, 2.05) is 4.90 Å². The molecular formula is C19H20ClF3N4O3+2. The van der Waals surface area contributed by atoms with Gasteiger partial charge in [0.25, 0.3) is 11.7 Å². The average molecular weight is 445 g/mol. The first kappa shape index (κ1) is 20.5. The Hall–Kier alpha value is -2.72. The number of hydrogen-bond donors (Lipinski definition) is 2. The molecule has 1 amide bonds. The molecule has 2 aliphatic rings. The van der Waals surface area contributed by atoms with E-state index in [0.717, 1.165) is 17.2 Å². The Morgan fingerprint density at radius 2 is 1.93 bits per heavy atom. The number of benzene rings is 1. The van der Waals surface area contributed by atoms with Gasteiger partial charge in [-0.25, -0.2) is 9.88 Å². The van der Waals surface area contributed by atoms with Gasteiger partial charge in [0.05, 0.1) is 5.56 Å². The lowest BCUT2D eigenvalue weighted by Gasteiger charge is -2.28. The lowest BCUT2D eigenvalue weighted by atomic mass is 10.2. The first-order valence-corrected chi connectivity index (χ1v) is 9.74. The van der Waals surface area contributed by atoms with Crippen molar-refractivity contribution >= 4 is 29.0 Å². The number of halogens is 4. The smallest absolute Gasteiger partial charge is 0.419 e. The quantitative estimate of drug-likeness (QED) is 0.744. The van der Waals surface area contributed by atoms with Crippen LogP contribution in [-0.4, -0.2) is 45.4 Å². The van der Waals surface area contributed by atoms with Crippen LogP contribution in [0.3, 0.4) is 0 Å². The van der Waals surface area contributed by atoms with Gasteiger partial charge in [-0.1, -0.05) is 11.6 Å². The van der Waals surface area contributed by atoms with Gasteiger partial charge in [0, 0.05) is 11.8 Å². The van der Waals surface area contributed by atoms with E-state index in [2.05, 4.69) is 10.3 Å². The van der Waals surface area contributed by atoms with Crippen molar-refractivity contribution in [1.29, 1.82) is 0 Å². The Balaban J connectivity index is 1.30. The highest BCUT2D eigenvalue weighted by atomic mass is 35.5. The molecule has 0 bridgehead atoms. The van der Waals surface area contributed by atoms with Gasteiger partial charge in [0.1, 0.15) is 37.4 Å². The number of aromatic nitrogens is 1. The summed E-state index contributed by atoms with van der Waals surface area (Å²) in [5.74, 6) is 1.57. The number of nitrogens with zero attached hydrogens (tertiary/aromatic N) is 1. The van der Waals surface area contributed by atoms with Crippen LogP contribution in [0.4, 0.5) is 24.7 Å². The summed E-state index contributed by atoms with van der Waals surface area (Å²) >= 11 is 6.06. The highest BCUT2D eigenvalue weighted by Crippen LogP contribution is 2.34. The second-order valence-electron chi connectivity index (χ2n) is 7.11. The number of aromatic amines is 1. The molecule has 3 heterocycles. The Bertz CT molecular complexity index is 949. The maximum atomic E-state index is 12.8. The highest BCUT2D eigenvalue weighted by Gasteiger charge is 2.35. The molecule has 1 aromatic heterocycles. The topological polar surface area (TPSA) is 69.4 Å². The number of amides is 1. The standard InChI is InChI=1S/C19H18ClF3N4O3/c20-14-7-12(19(21,22)23)9-24-18(14)27-5-3-26(4-6-27)10-17(28)25-13-1-2-15-16(8-13)30-11-29-15/h1-2,7-9H,3-6,10-11H2,(H,25,28)/p+2. The van der Waals surface area contributed by atoms with Crippen molar-refractivity contribution in [3.05, 3.63) is 41.0 Å². The van der Waals surface area contributed by atoms with E-state index < -0.39 is 11.7 Å². The Morgan fingerprint density at radius 1 is 1.20 bits per heavy atom. The summed E-state index contributed by atoms with van der Waals surface area (Å²) in [6.07, 6.45) is -3.54. The van der Waals surface area contributed by atoms with Crippen molar-refractivity contribution in [1.82, 2.24) is 0 Å². The number of hydrogen-bond acceptors (Lipinski definition) is 4. The molecule has 160 valence electrons. The van der Waals surface area contributed by atoms with Gasteiger partial charge < -0.3 is 19.7 Å². The maximum Gasteiger partial charge on any atom is 0.419 e. The molecule has 3 N–H and O–H groups in total. The van der Waals surface area contributed by atoms with E-state index in [0.29, 0.717) is 49.2 Å². The zero-order valence-electron chi connectivity index (χ0n) is 15.8. The third-order valence-electron chi connectivity index (χ3n) is 5.05. The van der Waals surface area contributed by atoms with E-state index in [4.69, 9.17) is 21.1 Å². The minimum atomic E-state index is -4.45. The summed E-state index contributed by atoms with van der Waals surface area (Å²) in [5.41, 5.74) is -0.186. The number of rotatable bonds is 4. The van der Waals surface area contributed by atoms with Gasteiger partial charge in [-0.15, -0.1) is 0 Å². The molecule has 2 aliphatic heterocycles. The van der Waals surface area contributed by atoms with Crippen molar-refractivity contribution in [2.75, 3.05) is 49.7 Å². The molecule has 0 radical (unpaired) electrons. The van der Waals surface area contributed by atoms with Gasteiger partial charge in [-0.3, -0.25) is 4.79 Å². The third-order valence-corrected chi connectivity index (χ3v) is 5.34.